The van der Waals surface area contributed by atoms with E-state index < -0.39 is 0 Å². The number of ether oxygens (including phenoxy) is 3. The number of carbonyl (C=O) groups is 1. The minimum atomic E-state index is -0.235. The molecule has 3 aromatic rings. The number of aromatic nitrogens is 1. The summed E-state index contributed by atoms with van der Waals surface area (Å²) >= 11 is 1.17. The maximum Gasteiger partial charge on any atom is 0.308 e. The monoisotopic (exact) mass is 426 g/mol. The predicted molar refractivity (Wildman–Crippen MR) is 116 cm³/mol. The number of carbonyl (C=O) groups excluding carboxylic acids is 1. The molecule has 0 N–H and O–H groups in total. The topological polar surface area (TPSA) is 70.0 Å². The molecule has 0 saturated carbocycles. The number of anilines is 2. The Hall–Kier alpha value is -3.26. The Morgan fingerprint density at radius 1 is 0.933 bits per heavy atom. The van der Waals surface area contributed by atoms with Crippen LogP contribution in [0.25, 0.3) is 0 Å². The second-order valence-electron chi connectivity index (χ2n) is 6.91. The van der Waals surface area contributed by atoms with Gasteiger partial charge in [-0.05, 0) is 42.0 Å². The molecule has 1 aliphatic heterocycles. The molecule has 8 heteroatoms. The van der Waals surface area contributed by atoms with Gasteiger partial charge in [0.1, 0.15) is 11.6 Å². The first-order valence-corrected chi connectivity index (χ1v) is 10.2. The lowest BCUT2D eigenvalue weighted by atomic mass is 9.90. The second kappa shape index (κ2) is 7.87. The Labute approximate surface area is 178 Å². The lowest BCUT2D eigenvalue weighted by molar-refractivity contribution is -0.118. The summed E-state index contributed by atoms with van der Waals surface area (Å²) in [4.78, 5) is 28.2. The van der Waals surface area contributed by atoms with Crippen molar-refractivity contribution >= 4 is 28.7 Å². The van der Waals surface area contributed by atoms with Gasteiger partial charge in [-0.1, -0.05) is 17.4 Å². The highest BCUT2D eigenvalue weighted by Crippen LogP contribution is 2.45. The Morgan fingerprint density at radius 2 is 1.63 bits per heavy atom. The number of hydrogen-bond donors (Lipinski definition) is 0. The van der Waals surface area contributed by atoms with Gasteiger partial charge in [-0.3, -0.25) is 19.1 Å². The maximum atomic E-state index is 13.3. The zero-order valence-corrected chi connectivity index (χ0v) is 18.0. The summed E-state index contributed by atoms with van der Waals surface area (Å²) in [7, 11) is 6.44. The van der Waals surface area contributed by atoms with Crippen LogP contribution in [0.15, 0.2) is 47.3 Å². The molecular formula is C22H22N2O5S. The number of benzene rings is 2. The molecule has 1 atom stereocenters. The molecule has 7 nitrogen and oxygen atoms in total. The molecule has 156 valence electrons. The quantitative estimate of drug-likeness (QED) is 0.623. The molecule has 2 heterocycles. The minimum Gasteiger partial charge on any atom is -0.497 e. The molecule has 0 saturated heterocycles. The summed E-state index contributed by atoms with van der Waals surface area (Å²) in [6, 6.07) is 12.8. The summed E-state index contributed by atoms with van der Waals surface area (Å²) in [5.41, 5.74) is 1.60. The molecule has 0 spiro atoms. The number of thiazole rings is 1. The van der Waals surface area contributed by atoms with Crippen LogP contribution in [0.5, 0.6) is 17.2 Å². The Bertz CT molecular complexity index is 1150. The van der Waals surface area contributed by atoms with E-state index in [1.165, 1.54) is 15.9 Å². The van der Waals surface area contributed by atoms with Crippen molar-refractivity contribution in [3.05, 3.63) is 62.6 Å². The van der Waals surface area contributed by atoms with E-state index in [0.717, 1.165) is 10.4 Å². The van der Waals surface area contributed by atoms with E-state index >= 15 is 0 Å². The van der Waals surface area contributed by atoms with Gasteiger partial charge in [0.15, 0.2) is 11.5 Å². The van der Waals surface area contributed by atoms with Gasteiger partial charge in [0, 0.05) is 19.4 Å². The van der Waals surface area contributed by atoms with Crippen molar-refractivity contribution in [2.45, 2.75) is 12.3 Å². The third-order valence-corrected chi connectivity index (χ3v) is 6.44. The van der Waals surface area contributed by atoms with E-state index in [4.69, 9.17) is 14.2 Å². The van der Waals surface area contributed by atoms with Gasteiger partial charge in [-0.15, -0.1) is 0 Å². The zero-order valence-electron chi connectivity index (χ0n) is 17.2. The average molecular weight is 426 g/mol. The van der Waals surface area contributed by atoms with Crippen LogP contribution in [0.3, 0.4) is 0 Å². The third-order valence-electron chi connectivity index (χ3n) is 5.31. The summed E-state index contributed by atoms with van der Waals surface area (Å²) < 4.78 is 17.5. The van der Waals surface area contributed by atoms with Gasteiger partial charge < -0.3 is 14.2 Å². The summed E-state index contributed by atoms with van der Waals surface area (Å²) in [5.74, 6) is 2.19. The van der Waals surface area contributed by atoms with Crippen LogP contribution in [0.4, 0.5) is 11.5 Å². The molecule has 30 heavy (non-hydrogen) atoms. The molecule has 0 radical (unpaired) electrons. The minimum absolute atomic E-state index is 0.0825. The molecule has 1 aromatic heterocycles. The molecule has 0 unspecified atom stereocenters. The van der Waals surface area contributed by atoms with Crippen molar-refractivity contribution in [3.63, 3.8) is 0 Å². The van der Waals surface area contributed by atoms with E-state index in [1.807, 2.05) is 30.3 Å². The van der Waals surface area contributed by atoms with Crippen LogP contribution >= 0.6 is 11.3 Å². The van der Waals surface area contributed by atoms with Crippen molar-refractivity contribution < 1.29 is 19.0 Å². The molecule has 0 bridgehead atoms. The Morgan fingerprint density at radius 3 is 2.27 bits per heavy atom. The van der Waals surface area contributed by atoms with E-state index in [9.17, 15) is 9.59 Å². The van der Waals surface area contributed by atoms with E-state index in [1.54, 1.807) is 45.4 Å². The smallest absolute Gasteiger partial charge is 0.308 e. The first-order valence-electron chi connectivity index (χ1n) is 9.37. The normalized spacial score (nSPS) is 15.7. The fourth-order valence-corrected chi connectivity index (χ4v) is 4.85. The molecule has 0 aliphatic carbocycles. The number of hydrogen-bond acceptors (Lipinski definition) is 6. The molecule has 1 aliphatic rings. The Balaban J connectivity index is 1.84. The average Bonchev–Trinajstić information content (AvgIpc) is 3.07. The lowest BCUT2D eigenvalue weighted by Crippen LogP contribution is -2.34. The first kappa shape index (κ1) is 20.0. The van der Waals surface area contributed by atoms with Crippen LogP contribution in [0, 0.1) is 0 Å². The van der Waals surface area contributed by atoms with Crippen LogP contribution in [0.2, 0.25) is 0 Å². The van der Waals surface area contributed by atoms with E-state index in [-0.39, 0.29) is 23.1 Å². The highest BCUT2D eigenvalue weighted by atomic mass is 32.1. The third kappa shape index (κ3) is 3.23. The van der Waals surface area contributed by atoms with Gasteiger partial charge in [0.25, 0.3) is 0 Å². The summed E-state index contributed by atoms with van der Waals surface area (Å²) in [6.07, 6.45) is 0.245. The van der Waals surface area contributed by atoms with Crippen molar-refractivity contribution in [1.82, 2.24) is 4.57 Å². The van der Waals surface area contributed by atoms with Crippen LogP contribution in [0.1, 0.15) is 22.8 Å². The largest absolute Gasteiger partial charge is 0.497 e. The number of rotatable bonds is 5. The van der Waals surface area contributed by atoms with E-state index in [2.05, 4.69) is 0 Å². The highest BCUT2D eigenvalue weighted by Gasteiger charge is 2.37. The summed E-state index contributed by atoms with van der Waals surface area (Å²) in [5, 5.41) is 0. The first-order chi connectivity index (χ1) is 14.5. The van der Waals surface area contributed by atoms with Crippen LogP contribution in [-0.2, 0) is 11.8 Å². The molecular weight excluding hydrogens is 404 g/mol. The van der Waals surface area contributed by atoms with Gasteiger partial charge >= 0.3 is 4.87 Å². The number of nitrogens with zero attached hydrogens (tertiary/aromatic N) is 2. The van der Waals surface area contributed by atoms with Gasteiger partial charge in [0.05, 0.1) is 31.9 Å². The summed E-state index contributed by atoms with van der Waals surface area (Å²) in [6.45, 7) is 0. The van der Waals surface area contributed by atoms with E-state index in [0.29, 0.717) is 28.8 Å². The molecule has 2 aromatic carbocycles. The fourth-order valence-electron chi connectivity index (χ4n) is 3.76. The number of methoxy groups -OCH3 is 3. The SMILES string of the molecule is COc1ccc(N2C(=O)C[C@H](c3ccc(OC)c(OC)c3)c3sc(=O)n(C)c32)cc1. The van der Waals surface area contributed by atoms with Crippen molar-refractivity contribution in [1.29, 1.82) is 0 Å². The predicted octanol–water partition coefficient (Wildman–Crippen LogP) is 3.67. The number of fused-ring (bicyclic) bond motifs is 1. The maximum absolute atomic E-state index is 13.3. The molecule has 0 fully saturated rings. The van der Waals surface area contributed by atoms with Crippen molar-refractivity contribution in [2.24, 2.45) is 7.05 Å². The van der Waals surface area contributed by atoms with Crippen molar-refractivity contribution in [2.75, 3.05) is 26.2 Å². The highest BCUT2D eigenvalue weighted by molar-refractivity contribution is 7.10. The Kier molecular flexibility index (Phi) is 5.26. The second-order valence-corrected chi connectivity index (χ2v) is 7.91. The van der Waals surface area contributed by atoms with Gasteiger partial charge in [0.2, 0.25) is 5.91 Å². The van der Waals surface area contributed by atoms with Crippen LogP contribution in [-0.4, -0.2) is 31.8 Å². The lowest BCUT2D eigenvalue weighted by Gasteiger charge is -2.32. The number of amides is 1. The molecule has 4 rings (SSSR count). The molecule has 1 amide bonds. The van der Waals surface area contributed by atoms with Crippen molar-refractivity contribution in [3.8, 4) is 17.2 Å². The van der Waals surface area contributed by atoms with Crippen LogP contribution < -0.4 is 24.0 Å². The van der Waals surface area contributed by atoms with Gasteiger partial charge in [-0.25, -0.2) is 0 Å². The zero-order chi connectivity index (χ0) is 21.4. The standard InChI is InChI=1S/C22H22N2O5S/c1-23-21-20(30-22(23)26)16(13-5-10-17(28-3)18(11-13)29-4)12-19(25)24(21)14-6-8-15(27-2)9-7-14/h5-11,16H,12H2,1-4H3/t16-/m1/s1. The van der Waals surface area contributed by atoms with Gasteiger partial charge in [-0.2, -0.15) is 0 Å². The fraction of sp³-hybridized carbons (Fsp3) is 0.273.